The van der Waals surface area contributed by atoms with Crippen LogP contribution in [0.25, 0.3) is 0 Å². The van der Waals surface area contributed by atoms with Gasteiger partial charge >= 0.3 is 0 Å². The van der Waals surface area contributed by atoms with Gasteiger partial charge in [0.05, 0.1) is 6.33 Å². The number of aromatic amines is 1. The Labute approximate surface area is 120 Å². The molecule has 19 heavy (non-hydrogen) atoms. The minimum Gasteiger partial charge on any atom is -0.355 e. The molecule has 0 aromatic carbocycles. The topological polar surface area (TPSA) is 61.0 Å². The van der Waals surface area contributed by atoms with Gasteiger partial charge in [-0.1, -0.05) is 0 Å². The highest BCUT2D eigenvalue weighted by Gasteiger charge is 2.25. The molecule has 1 aromatic heterocycles. The van der Waals surface area contributed by atoms with Crippen molar-refractivity contribution in [1.29, 1.82) is 0 Å². The summed E-state index contributed by atoms with van der Waals surface area (Å²) in [5.74, 6) is 1.54. The highest BCUT2D eigenvalue weighted by atomic mass is 79.9. The van der Waals surface area contributed by atoms with Gasteiger partial charge in [0.25, 0.3) is 5.56 Å². The van der Waals surface area contributed by atoms with E-state index in [1.807, 2.05) is 0 Å². The van der Waals surface area contributed by atoms with Gasteiger partial charge in [-0.3, -0.25) is 4.79 Å². The molecular weight excluding hydrogens is 308 g/mol. The van der Waals surface area contributed by atoms with E-state index < -0.39 is 0 Å². The number of hydrogen-bond acceptors (Lipinski definition) is 4. The number of nitrogens with zero attached hydrogens (tertiary/aromatic N) is 2. The molecule has 2 fully saturated rings. The van der Waals surface area contributed by atoms with Gasteiger partial charge in [0, 0.05) is 19.1 Å². The third-order valence-electron chi connectivity index (χ3n) is 3.96. The Kier molecular flexibility index (Phi) is 3.88. The van der Waals surface area contributed by atoms with Crippen LogP contribution in [-0.2, 0) is 0 Å². The lowest BCUT2D eigenvalue weighted by Crippen LogP contribution is -2.38. The van der Waals surface area contributed by atoms with E-state index in [4.69, 9.17) is 0 Å². The van der Waals surface area contributed by atoms with Gasteiger partial charge in [-0.15, -0.1) is 0 Å². The van der Waals surface area contributed by atoms with Gasteiger partial charge in [0.15, 0.2) is 0 Å². The quantitative estimate of drug-likeness (QED) is 0.880. The summed E-state index contributed by atoms with van der Waals surface area (Å²) in [6.45, 7) is 3.10. The fourth-order valence-corrected chi connectivity index (χ4v) is 3.03. The van der Waals surface area contributed by atoms with Gasteiger partial charge in [0.1, 0.15) is 10.3 Å². The molecule has 2 aliphatic rings. The molecular formula is C13H19BrN4O. The molecule has 1 aliphatic heterocycles. The first-order valence-corrected chi connectivity index (χ1v) is 7.75. The number of halogens is 1. The van der Waals surface area contributed by atoms with E-state index in [2.05, 4.69) is 36.1 Å². The summed E-state index contributed by atoms with van der Waals surface area (Å²) in [7, 11) is 0. The third kappa shape index (κ3) is 3.17. The second kappa shape index (κ2) is 5.63. The largest absolute Gasteiger partial charge is 0.355 e. The molecule has 6 heteroatoms. The molecule has 0 amide bonds. The zero-order valence-electron chi connectivity index (χ0n) is 10.9. The van der Waals surface area contributed by atoms with Crippen LogP contribution in [0.4, 0.5) is 5.82 Å². The fourth-order valence-electron chi connectivity index (χ4n) is 2.56. The van der Waals surface area contributed by atoms with Crippen molar-refractivity contribution < 1.29 is 0 Å². The Morgan fingerprint density at radius 2 is 2.11 bits per heavy atom. The average Bonchev–Trinajstić information content (AvgIpc) is 3.25. The minimum absolute atomic E-state index is 0.109. The van der Waals surface area contributed by atoms with E-state index >= 15 is 0 Å². The van der Waals surface area contributed by atoms with Crippen LogP contribution in [0.2, 0.25) is 0 Å². The molecule has 0 bridgehead atoms. The molecule has 1 saturated heterocycles. The molecule has 1 saturated carbocycles. The van der Waals surface area contributed by atoms with Crippen molar-refractivity contribution in [2.45, 2.75) is 31.7 Å². The molecule has 0 unspecified atom stereocenters. The summed E-state index contributed by atoms with van der Waals surface area (Å²) in [5, 5.41) is 3.60. The second-order valence-electron chi connectivity index (χ2n) is 5.48. The molecule has 3 rings (SSSR count). The van der Waals surface area contributed by atoms with Crippen molar-refractivity contribution in [3.63, 3.8) is 0 Å². The number of aromatic nitrogens is 2. The predicted octanol–water partition coefficient (Wildman–Crippen LogP) is 1.50. The lowest BCUT2D eigenvalue weighted by molar-refractivity contribution is 0.380. The van der Waals surface area contributed by atoms with Crippen molar-refractivity contribution in [3.8, 4) is 0 Å². The van der Waals surface area contributed by atoms with Crippen LogP contribution < -0.4 is 15.8 Å². The highest BCUT2D eigenvalue weighted by molar-refractivity contribution is 9.10. The number of hydrogen-bond donors (Lipinski definition) is 2. The normalized spacial score (nSPS) is 20.8. The van der Waals surface area contributed by atoms with E-state index in [0.717, 1.165) is 37.4 Å². The van der Waals surface area contributed by atoms with E-state index in [9.17, 15) is 4.79 Å². The monoisotopic (exact) mass is 326 g/mol. The van der Waals surface area contributed by atoms with Gasteiger partial charge in [0.2, 0.25) is 0 Å². The molecule has 1 aromatic rings. The lowest BCUT2D eigenvalue weighted by atomic mass is 9.97. The molecule has 1 aliphatic carbocycles. The van der Waals surface area contributed by atoms with E-state index in [1.54, 1.807) is 0 Å². The Hall–Kier alpha value is -0.880. The minimum atomic E-state index is -0.109. The van der Waals surface area contributed by atoms with Crippen LogP contribution in [-0.4, -0.2) is 35.6 Å². The number of anilines is 1. The zero-order valence-corrected chi connectivity index (χ0v) is 12.4. The Bertz CT molecular complexity index is 492. The maximum absolute atomic E-state index is 11.6. The number of rotatable bonds is 4. The van der Waals surface area contributed by atoms with Crippen molar-refractivity contribution in [2.24, 2.45) is 5.92 Å². The molecule has 2 N–H and O–H groups in total. The smallest absolute Gasteiger partial charge is 0.267 e. The first-order chi connectivity index (χ1) is 9.24. The van der Waals surface area contributed by atoms with Crippen LogP contribution in [0.5, 0.6) is 0 Å². The fraction of sp³-hybridized carbons (Fsp3) is 0.692. The van der Waals surface area contributed by atoms with Crippen LogP contribution in [0.3, 0.4) is 0 Å². The van der Waals surface area contributed by atoms with E-state index in [1.165, 1.54) is 32.0 Å². The highest BCUT2D eigenvalue weighted by Crippen LogP contribution is 2.26. The van der Waals surface area contributed by atoms with Crippen molar-refractivity contribution in [2.75, 3.05) is 24.5 Å². The average molecular weight is 327 g/mol. The third-order valence-corrected chi connectivity index (χ3v) is 4.68. The molecule has 5 nitrogen and oxygen atoms in total. The Morgan fingerprint density at radius 1 is 1.37 bits per heavy atom. The summed E-state index contributed by atoms with van der Waals surface area (Å²) in [4.78, 5) is 20.6. The maximum atomic E-state index is 11.6. The SMILES string of the molecule is O=c1[nH]cnc(N2CCC(CNC3CC3)CC2)c1Br. The van der Waals surface area contributed by atoms with Crippen LogP contribution in [0.1, 0.15) is 25.7 Å². The molecule has 0 radical (unpaired) electrons. The molecule has 104 valence electrons. The van der Waals surface area contributed by atoms with Crippen molar-refractivity contribution in [1.82, 2.24) is 15.3 Å². The lowest BCUT2D eigenvalue weighted by Gasteiger charge is -2.33. The standard InChI is InChI=1S/C13H19BrN4O/c14-11-12(16-8-17-13(11)19)18-5-3-9(4-6-18)7-15-10-1-2-10/h8-10,15H,1-7H2,(H,16,17,19). The van der Waals surface area contributed by atoms with Gasteiger partial charge < -0.3 is 15.2 Å². The summed E-state index contributed by atoms with van der Waals surface area (Å²) in [6.07, 6.45) is 6.51. The van der Waals surface area contributed by atoms with E-state index in [-0.39, 0.29) is 5.56 Å². The summed E-state index contributed by atoms with van der Waals surface area (Å²) < 4.78 is 0.546. The molecule has 0 atom stereocenters. The number of piperidine rings is 1. The number of nitrogens with one attached hydrogen (secondary N) is 2. The van der Waals surface area contributed by atoms with E-state index in [0.29, 0.717) is 4.47 Å². The van der Waals surface area contributed by atoms with Gasteiger partial charge in [-0.2, -0.15) is 0 Å². The van der Waals surface area contributed by atoms with Crippen molar-refractivity contribution in [3.05, 3.63) is 21.2 Å². The Balaban J connectivity index is 1.56. The zero-order chi connectivity index (χ0) is 13.2. The summed E-state index contributed by atoms with van der Waals surface area (Å²) in [5.41, 5.74) is -0.109. The number of H-pyrrole nitrogens is 1. The predicted molar refractivity (Wildman–Crippen MR) is 78.5 cm³/mol. The van der Waals surface area contributed by atoms with Crippen LogP contribution in [0, 0.1) is 5.92 Å². The first kappa shape index (κ1) is 13.1. The summed E-state index contributed by atoms with van der Waals surface area (Å²) in [6, 6.07) is 0.793. The first-order valence-electron chi connectivity index (χ1n) is 6.95. The van der Waals surface area contributed by atoms with Crippen LogP contribution >= 0.6 is 15.9 Å². The van der Waals surface area contributed by atoms with Crippen LogP contribution in [0.15, 0.2) is 15.6 Å². The molecule has 0 spiro atoms. The molecule has 2 heterocycles. The van der Waals surface area contributed by atoms with Gasteiger partial charge in [-0.25, -0.2) is 4.98 Å². The maximum Gasteiger partial charge on any atom is 0.267 e. The summed E-state index contributed by atoms with van der Waals surface area (Å²) >= 11 is 3.33. The van der Waals surface area contributed by atoms with Gasteiger partial charge in [-0.05, 0) is 54.1 Å². The second-order valence-corrected chi connectivity index (χ2v) is 6.28. The Morgan fingerprint density at radius 3 is 2.79 bits per heavy atom. The van der Waals surface area contributed by atoms with Crippen molar-refractivity contribution >= 4 is 21.7 Å².